The van der Waals surface area contributed by atoms with Gasteiger partial charge < -0.3 is 0 Å². The zero-order valence-electron chi connectivity index (χ0n) is 18.5. The zero-order valence-corrected chi connectivity index (χ0v) is 19.2. The van der Waals surface area contributed by atoms with Crippen LogP contribution in [0.15, 0.2) is 92.0 Å². The molecular formula is C30H33Cl. The topological polar surface area (TPSA) is 0 Å². The lowest BCUT2D eigenvalue weighted by molar-refractivity contribution is 0.734. The van der Waals surface area contributed by atoms with Crippen LogP contribution in [0.5, 0.6) is 0 Å². The molecule has 0 spiro atoms. The van der Waals surface area contributed by atoms with Crippen molar-refractivity contribution in [3.63, 3.8) is 0 Å². The van der Waals surface area contributed by atoms with Crippen molar-refractivity contribution in [1.82, 2.24) is 0 Å². The van der Waals surface area contributed by atoms with E-state index in [1.54, 1.807) is 0 Å². The monoisotopic (exact) mass is 428 g/mol. The summed E-state index contributed by atoms with van der Waals surface area (Å²) in [6, 6.07) is 24.5. The maximum absolute atomic E-state index is 6.43. The average molecular weight is 429 g/mol. The SMILES string of the molecule is C=CCCc1ccc(-c2ccc(CCCCc3ccc(CCC=C)c(Cl)c3)cc2)cc1. The van der Waals surface area contributed by atoms with Gasteiger partial charge in [-0.3, -0.25) is 0 Å². The third kappa shape index (κ3) is 7.26. The van der Waals surface area contributed by atoms with Gasteiger partial charge in [0.15, 0.2) is 0 Å². The Morgan fingerprint density at radius 1 is 0.581 bits per heavy atom. The van der Waals surface area contributed by atoms with Crippen molar-refractivity contribution in [3.8, 4) is 11.1 Å². The number of aryl methyl sites for hydroxylation is 4. The number of hydrogen-bond donors (Lipinski definition) is 0. The van der Waals surface area contributed by atoms with Crippen molar-refractivity contribution >= 4 is 11.6 Å². The third-order valence-electron chi connectivity index (χ3n) is 5.79. The van der Waals surface area contributed by atoms with Gasteiger partial charge in [-0.05, 0) is 90.8 Å². The van der Waals surface area contributed by atoms with E-state index in [4.69, 9.17) is 11.6 Å². The van der Waals surface area contributed by atoms with Gasteiger partial charge >= 0.3 is 0 Å². The Hall–Kier alpha value is -2.57. The average Bonchev–Trinajstić information content (AvgIpc) is 2.81. The van der Waals surface area contributed by atoms with Gasteiger partial charge in [-0.25, -0.2) is 0 Å². The van der Waals surface area contributed by atoms with Gasteiger partial charge in [0.2, 0.25) is 0 Å². The smallest absolute Gasteiger partial charge is 0.0440 e. The van der Waals surface area contributed by atoms with Crippen LogP contribution in [-0.2, 0) is 25.7 Å². The fourth-order valence-electron chi connectivity index (χ4n) is 3.86. The van der Waals surface area contributed by atoms with E-state index in [1.807, 2.05) is 12.2 Å². The Balaban J connectivity index is 1.46. The molecule has 0 N–H and O–H groups in total. The molecule has 0 fully saturated rings. The zero-order chi connectivity index (χ0) is 21.9. The second kappa shape index (κ2) is 12.3. The Labute approximate surface area is 193 Å². The van der Waals surface area contributed by atoms with E-state index in [1.165, 1.54) is 46.2 Å². The molecule has 31 heavy (non-hydrogen) atoms. The minimum Gasteiger partial charge on any atom is -0.103 e. The first-order valence-corrected chi connectivity index (χ1v) is 11.7. The van der Waals surface area contributed by atoms with Crippen LogP contribution in [0.2, 0.25) is 5.02 Å². The first-order chi connectivity index (χ1) is 15.2. The molecular weight excluding hydrogens is 396 g/mol. The molecule has 0 saturated heterocycles. The van der Waals surface area contributed by atoms with Crippen LogP contribution in [-0.4, -0.2) is 0 Å². The normalized spacial score (nSPS) is 10.7. The van der Waals surface area contributed by atoms with Crippen molar-refractivity contribution in [2.24, 2.45) is 0 Å². The number of halogens is 1. The summed E-state index contributed by atoms with van der Waals surface area (Å²) in [7, 11) is 0. The Morgan fingerprint density at radius 3 is 1.61 bits per heavy atom. The molecule has 3 rings (SSSR count). The molecule has 0 bridgehead atoms. The molecule has 3 aromatic carbocycles. The van der Waals surface area contributed by atoms with E-state index in [9.17, 15) is 0 Å². The number of unbranched alkanes of at least 4 members (excludes halogenated alkanes) is 1. The van der Waals surface area contributed by atoms with Crippen LogP contribution in [0, 0.1) is 0 Å². The van der Waals surface area contributed by atoms with Gasteiger partial charge in [-0.2, -0.15) is 0 Å². The lowest BCUT2D eigenvalue weighted by atomic mass is 9.98. The summed E-state index contributed by atoms with van der Waals surface area (Å²) in [6.07, 6.45) is 12.5. The minimum atomic E-state index is 0.892. The van der Waals surface area contributed by atoms with E-state index >= 15 is 0 Å². The second-order valence-corrected chi connectivity index (χ2v) is 8.59. The number of rotatable bonds is 12. The van der Waals surface area contributed by atoms with Crippen molar-refractivity contribution in [2.45, 2.75) is 51.4 Å². The number of allylic oxidation sites excluding steroid dienone is 2. The summed E-state index contributed by atoms with van der Waals surface area (Å²) in [6.45, 7) is 7.58. The van der Waals surface area contributed by atoms with Gasteiger partial charge in [0.1, 0.15) is 0 Å². The summed E-state index contributed by atoms with van der Waals surface area (Å²) in [5, 5.41) is 0.892. The molecule has 1 heteroatoms. The van der Waals surface area contributed by atoms with Crippen molar-refractivity contribution in [1.29, 1.82) is 0 Å². The molecule has 3 aromatic rings. The quantitative estimate of drug-likeness (QED) is 0.199. The lowest BCUT2D eigenvalue weighted by Gasteiger charge is -2.08. The predicted octanol–water partition coefficient (Wildman–Crippen LogP) is 8.81. The van der Waals surface area contributed by atoms with E-state index in [-0.39, 0.29) is 0 Å². The minimum absolute atomic E-state index is 0.892. The highest BCUT2D eigenvalue weighted by Gasteiger charge is 2.03. The van der Waals surface area contributed by atoms with Crippen LogP contribution >= 0.6 is 11.6 Å². The molecule has 160 valence electrons. The van der Waals surface area contributed by atoms with Gasteiger partial charge in [0.05, 0.1) is 0 Å². The maximum atomic E-state index is 6.43. The van der Waals surface area contributed by atoms with Gasteiger partial charge in [0.25, 0.3) is 0 Å². The highest BCUT2D eigenvalue weighted by molar-refractivity contribution is 6.31. The highest BCUT2D eigenvalue weighted by Crippen LogP contribution is 2.23. The third-order valence-corrected chi connectivity index (χ3v) is 6.15. The summed E-state index contributed by atoms with van der Waals surface area (Å²) < 4.78 is 0. The summed E-state index contributed by atoms with van der Waals surface area (Å²) in [4.78, 5) is 0. The van der Waals surface area contributed by atoms with E-state index < -0.39 is 0 Å². The largest absolute Gasteiger partial charge is 0.103 e. The van der Waals surface area contributed by atoms with Crippen molar-refractivity contribution in [3.05, 3.63) is 119 Å². The highest BCUT2D eigenvalue weighted by atomic mass is 35.5. The summed E-state index contributed by atoms with van der Waals surface area (Å²) in [5.41, 5.74) is 7.89. The molecule has 0 radical (unpaired) electrons. The molecule has 0 unspecified atom stereocenters. The lowest BCUT2D eigenvalue weighted by Crippen LogP contribution is -1.92. The van der Waals surface area contributed by atoms with E-state index in [2.05, 4.69) is 79.9 Å². The maximum Gasteiger partial charge on any atom is 0.0440 e. The van der Waals surface area contributed by atoms with Crippen molar-refractivity contribution in [2.75, 3.05) is 0 Å². The molecule has 0 aliphatic carbocycles. The standard InChI is InChI=1S/C30H33Cl/c1-3-5-9-24-13-18-27(19-14-24)28-20-15-25(16-21-28)10-7-8-11-26-17-22-29(12-6-4-2)30(31)23-26/h3-4,13-23H,1-2,5-12H2. The molecule has 0 aromatic heterocycles. The van der Waals surface area contributed by atoms with Crippen LogP contribution in [0.25, 0.3) is 11.1 Å². The van der Waals surface area contributed by atoms with Crippen molar-refractivity contribution < 1.29 is 0 Å². The fraction of sp³-hybridized carbons (Fsp3) is 0.267. The molecule has 0 saturated carbocycles. The first-order valence-electron chi connectivity index (χ1n) is 11.4. The Bertz CT molecular complexity index is 964. The number of hydrogen-bond acceptors (Lipinski definition) is 0. The van der Waals surface area contributed by atoms with Crippen LogP contribution < -0.4 is 0 Å². The van der Waals surface area contributed by atoms with E-state index in [0.717, 1.165) is 43.5 Å². The second-order valence-electron chi connectivity index (χ2n) is 8.18. The fourth-order valence-corrected chi connectivity index (χ4v) is 4.16. The Kier molecular flexibility index (Phi) is 9.18. The van der Waals surface area contributed by atoms with Gasteiger partial charge in [-0.15, -0.1) is 13.2 Å². The predicted molar refractivity (Wildman–Crippen MR) is 137 cm³/mol. The van der Waals surface area contributed by atoms with E-state index in [0.29, 0.717) is 0 Å². The summed E-state index contributed by atoms with van der Waals surface area (Å²) >= 11 is 6.43. The van der Waals surface area contributed by atoms with Gasteiger partial charge in [0, 0.05) is 5.02 Å². The summed E-state index contributed by atoms with van der Waals surface area (Å²) in [5.74, 6) is 0. The van der Waals surface area contributed by atoms with Crippen LogP contribution in [0.3, 0.4) is 0 Å². The Morgan fingerprint density at radius 2 is 1.06 bits per heavy atom. The molecule has 0 nitrogen and oxygen atoms in total. The molecule has 0 amide bonds. The first kappa shape index (κ1) is 23.1. The molecule has 0 heterocycles. The van der Waals surface area contributed by atoms with Crippen LogP contribution in [0.4, 0.5) is 0 Å². The molecule has 0 aliphatic rings. The van der Waals surface area contributed by atoms with Crippen LogP contribution in [0.1, 0.15) is 47.9 Å². The van der Waals surface area contributed by atoms with Gasteiger partial charge in [-0.1, -0.05) is 84.4 Å². The molecule has 0 aliphatic heterocycles. The molecule has 0 atom stereocenters. The number of benzene rings is 3.